The lowest BCUT2D eigenvalue weighted by Gasteiger charge is -2.26. The van der Waals surface area contributed by atoms with Gasteiger partial charge in [0.25, 0.3) is 0 Å². The zero-order valence-corrected chi connectivity index (χ0v) is 11.6. The van der Waals surface area contributed by atoms with Gasteiger partial charge in [-0.1, -0.05) is 20.8 Å². The second-order valence-electron chi connectivity index (χ2n) is 5.38. The number of carboxylic acid groups (broad SMARTS) is 1. The number of carbonyl (C=O) groups excluding carboxylic acids is 1. The van der Waals surface area contributed by atoms with Gasteiger partial charge in [-0.25, -0.2) is 0 Å². The minimum atomic E-state index is -0.801. The van der Waals surface area contributed by atoms with Crippen molar-refractivity contribution in [1.82, 2.24) is 9.80 Å². The zero-order chi connectivity index (χ0) is 13.7. The minimum absolute atomic E-state index is 0.0380. The Hall–Kier alpha value is -1.10. The SMILES string of the molecule is CC(C)C(C)C(=O)N1CCCN(CC(=O)O)CC1. The van der Waals surface area contributed by atoms with E-state index in [9.17, 15) is 9.59 Å². The van der Waals surface area contributed by atoms with E-state index in [2.05, 4.69) is 13.8 Å². The van der Waals surface area contributed by atoms with E-state index in [0.717, 1.165) is 19.5 Å². The summed E-state index contributed by atoms with van der Waals surface area (Å²) in [6.45, 7) is 8.94. The van der Waals surface area contributed by atoms with Crippen LogP contribution in [0.2, 0.25) is 0 Å². The van der Waals surface area contributed by atoms with Gasteiger partial charge >= 0.3 is 5.97 Å². The third-order valence-corrected chi connectivity index (χ3v) is 3.65. The Labute approximate surface area is 109 Å². The van der Waals surface area contributed by atoms with Gasteiger partial charge in [0.1, 0.15) is 0 Å². The molecule has 1 aliphatic heterocycles. The van der Waals surface area contributed by atoms with E-state index in [1.165, 1.54) is 0 Å². The number of carboxylic acids is 1. The first-order valence-electron chi connectivity index (χ1n) is 6.64. The standard InChI is InChI=1S/C13H24N2O3/c1-10(2)11(3)13(18)15-6-4-5-14(7-8-15)9-12(16)17/h10-11H,4-9H2,1-3H3,(H,16,17). The number of hydrogen-bond donors (Lipinski definition) is 1. The van der Waals surface area contributed by atoms with Gasteiger partial charge in [0.15, 0.2) is 0 Å². The van der Waals surface area contributed by atoms with Gasteiger partial charge in [-0.15, -0.1) is 0 Å². The van der Waals surface area contributed by atoms with Crippen LogP contribution in [0.3, 0.4) is 0 Å². The lowest BCUT2D eigenvalue weighted by molar-refractivity contribution is -0.138. The number of rotatable bonds is 4. The molecule has 104 valence electrons. The molecule has 1 atom stereocenters. The van der Waals surface area contributed by atoms with Crippen molar-refractivity contribution in [3.05, 3.63) is 0 Å². The first-order chi connectivity index (χ1) is 8.41. The summed E-state index contributed by atoms with van der Waals surface area (Å²) in [5.74, 6) is -0.223. The third-order valence-electron chi connectivity index (χ3n) is 3.65. The van der Waals surface area contributed by atoms with Gasteiger partial charge < -0.3 is 10.0 Å². The molecule has 1 rings (SSSR count). The van der Waals surface area contributed by atoms with E-state index in [0.29, 0.717) is 19.0 Å². The zero-order valence-electron chi connectivity index (χ0n) is 11.6. The van der Waals surface area contributed by atoms with Crippen molar-refractivity contribution in [2.75, 3.05) is 32.7 Å². The fraction of sp³-hybridized carbons (Fsp3) is 0.846. The highest BCUT2D eigenvalue weighted by molar-refractivity contribution is 5.78. The lowest BCUT2D eigenvalue weighted by atomic mass is 9.96. The van der Waals surface area contributed by atoms with Gasteiger partial charge in [-0.05, 0) is 12.3 Å². The average molecular weight is 256 g/mol. The van der Waals surface area contributed by atoms with Crippen LogP contribution in [0.25, 0.3) is 0 Å². The first kappa shape index (κ1) is 15.0. The number of nitrogens with zero attached hydrogens (tertiary/aromatic N) is 2. The maximum Gasteiger partial charge on any atom is 0.317 e. The van der Waals surface area contributed by atoms with Gasteiger partial charge in [0, 0.05) is 32.1 Å². The van der Waals surface area contributed by atoms with E-state index >= 15 is 0 Å². The predicted octanol–water partition coefficient (Wildman–Crippen LogP) is 0.897. The Morgan fingerprint density at radius 3 is 2.33 bits per heavy atom. The Morgan fingerprint density at radius 2 is 1.78 bits per heavy atom. The Balaban J connectivity index is 2.51. The van der Waals surface area contributed by atoms with Gasteiger partial charge in [0.2, 0.25) is 5.91 Å². The summed E-state index contributed by atoms with van der Waals surface area (Å²) in [6, 6.07) is 0. The van der Waals surface area contributed by atoms with Crippen molar-refractivity contribution in [1.29, 1.82) is 0 Å². The molecular weight excluding hydrogens is 232 g/mol. The van der Waals surface area contributed by atoms with E-state index in [-0.39, 0.29) is 18.4 Å². The maximum atomic E-state index is 12.2. The van der Waals surface area contributed by atoms with Gasteiger partial charge in [-0.2, -0.15) is 0 Å². The molecule has 0 saturated carbocycles. The van der Waals surface area contributed by atoms with Crippen molar-refractivity contribution in [3.8, 4) is 0 Å². The lowest BCUT2D eigenvalue weighted by Crippen LogP contribution is -2.40. The number of amides is 1. The molecule has 5 nitrogen and oxygen atoms in total. The van der Waals surface area contributed by atoms with Crippen LogP contribution in [0, 0.1) is 11.8 Å². The summed E-state index contributed by atoms with van der Waals surface area (Å²) in [5.41, 5.74) is 0. The van der Waals surface area contributed by atoms with Crippen molar-refractivity contribution in [2.45, 2.75) is 27.2 Å². The van der Waals surface area contributed by atoms with E-state index in [1.54, 1.807) is 0 Å². The Bertz CT molecular complexity index is 305. The van der Waals surface area contributed by atoms with Crippen LogP contribution in [0.5, 0.6) is 0 Å². The number of carbonyl (C=O) groups is 2. The smallest absolute Gasteiger partial charge is 0.317 e. The van der Waals surface area contributed by atoms with Crippen molar-refractivity contribution < 1.29 is 14.7 Å². The van der Waals surface area contributed by atoms with Crippen LogP contribution in [-0.2, 0) is 9.59 Å². The molecule has 1 saturated heterocycles. The van der Waals surface area contributed by atoms with Crippen LogP contribution in [0.15, 0.2) is 0 Å². The molecule has 5 heteroatoms. The molecule has 1 heterocycles. The second kappa shape index (κ2) is 6.73. The first-order valence-corrected chi connectivity index (χ1v) is 6.64. The van der Waals surface area contributed by atoms with Crippen LogP contribution in [0.4, 0.5) is 0 Å². The summed E-state index contributed by atoms with van der Waals surface area (Å²) in [4.78, 5) is 26.7. The molecule has 1 unspecified atom stereocenters. The number of aliphatic carboxylic acids is 1. The summed E-state index contributed by atoms with van der Waals surface area (Å²) < 4.78 is 0. The molecule has 0 bridgehead atoms. The van der Waals surface area contributed by atoms with Crippen molar-refractivity contribution in [3.63, 3.8) is 0 Å². The summed E-state index contributed by atoms with van der Waals surface area (Å²) in [6.07, 6.45) is 0.851. The molecule has 1 aliphatic rings. The molecular formula is C13H24N2O3. The van der Waals surface area contributed by atoms with E-state index in [4.69, 9.17) is 5.11 Å². The van der Waals surface area contributed by atoms with E-state index < -0.39 is 5.97 Å². The van der Waals surface area contributed by atoms with Crippen LogP contribution >= 0.6 is 0 Å². The van der Waals surface area contributed by atoms with Crippen LogP contribution in [-0.4, -0.2) is 59.5 Å². The summed E-state index contributed by atoms with van der Waals surface area (Å²) in [5, 5.41) is 8.77. The highest BCUT2D eigenvalue weighted by atomic mass is 16.4. The molecule has 1 N–H and O–H groups in total. The molecule has 0 radical (unpaired) electrons. The highest BCUT2D eigenvalue weighted by Gasteiger charge is 2.25. The monoisotopic (exact) mass is 256 g/mol. The molecule has 1 fully saturated rings. The molecule has 0 aromatic heterocycles. The van der Waals surface area contributed by atoms with Gasteiger partial charge in [0.05, 0.1) is 6.54 Å². The third kappa shape index (κ3) is 4.29. The Kier molecular flexibility index (Phi) is 5.59. The molecule has 0 aromatic rings. The van der Waals surface area contributed by atoms with E-state index in [1.807, 2.05) is 16.7 Å². The second-order valence-corrected chi connectivity index (χ2v) is 5.38. The largest absolute Gasteiger partial charge is 0.480 e. The minimum Gasteiger partial charge on any atom is -0.480 e. The normalized spacial score (nSPS) is 19.7. The topological polar surface area (TPSA) is 60.9 Å². The molecule has 0 spiro atoms. The molecule has 0 aliphatic carbocycles. The highest BCUT2D eigenvalue weighted by Crippen LogP contribution is 2.15. The quantitative estimate of drug-likeness (QED) is 0.811. The molecule has 0 aromatic carbocycles. The fourth-order valence-electron chi connectivity index (χ4n) is 2.11. The predicted molar refractivity (Wildman–Crippen MR) is 69.3 cm³/mol. The average Bonchev–Trinajstić information content (AvgIpc) is 2.51. The van der Waals surface area contributed by atoms with Crippen LogP contribution in [0.1, 0.15) is 27.2 Å². The summed E-state index contributed by atoms with van der Waals surface area (Å²) in [7, 11) is 0. The Morgan fingerprint density at radius 1 is 1.11 bits per heavy atom. The van der Waals surface area contributed by atoms with Crippen molar-refractivity contribution in [2.24, 2.45) is 11.8 Å². The maximum absolute atomic E-state index is 12.2. The summed E-state index contributed by atoms with van der Waals surface area (Å²) >= 11 is 0. The fourth-order valence-corrected chi connectivity index (χ4v) is 2.11. The molecule has 18 heavy (non-hydrogen) atoms. The number of hydrogen-bond acceptors (Lipinski definition) is 3. The van der Waals surface area contributed by atoms with Gasteiger partial charge in [-0.3, -0.25) is 14.5 Å². The molecule has 1 amide bonds. The van der Waals surface area contributed by atoms with Crippen LogP contribution < -0.4 is 0 Å². The van der Waals surface area contributed by atoms with Crippen molar-refractivity contribution >= 4 is 11.9 Å².